The van der Waals surface area contributed by atoms with Gasteiger partial charge < -0.3 is 0 Å². The number of hydrogen-bond donors (Lipinski definition) is 0. The van der Waals surface area contributed by atoms with E-state index >= 15 is 0 Å². The largest absolute Gasteiger partial charge is 0.294 e. The van der Waals surface area contributed by atoms with E-state index in [1.165, 1.54) is 12.1 Å². The summed E-state index contributed by atoms with van der Waals surface area (Å²) in [5.41, 5.74) is 1.90. The molecule has 0 radical (unpaired) electrons. The molecule has 0 saturated carbocycles. The van der Waals surface area contributed by atoms with Crippen LogP contribution < -0.4 is 0 Å². The molecule has 0 aliphatic rings. The average Bonchev–Trinajstić information content (AvgIpc) is 2.75. The van der Waals surface area contributed by atoms with Crippen LogP contribution in [0.2, 0.25) is 0 Å². The summed E-state index contributed by atoms with van der Waals surface area (Å²) < 4.78 is 0. The van der Waals surface area contributed by atoms with Gasteiger partial charge in [0, 0.05) is 30.0 Å². The highest BCUT2D eigenvalue weighted by Gasteiger charge is 2.28. The van der Waals surface area contributed by atoms with Crippen molar-refractivity contribution in [2.45, 2.75) is 18.3 Å². The maximum absolute atomic E-state index is 12.8. The third-order valence-electron chi connectivity index (χ3n) is 4.71. The maximum Gasteiger partial charge on any atom is 0.269 e. The second-order valence-corrected chi connectivity index (χ2v) is 6.47. The van der Waals surface area contributed by atoms with Crippen molar-refractivity contribution in [3.63, 3.8) is 0 Å². The molecule has 0 amide bonds. The van der Waals surface area contributed by atoms with Crippen molar-refractivity contribution in [1.29, 1.82) is 5.26 Å². The number of non-ortho nitro benzene ring substituents is 1. The van der Waals surface area contributed by atoms with Crippen molar-refractivity contribution >= 4 is 11.5 Å². The molecule has 0 N–H and O–H groups in total. The summed E-state index contributed by atoms with van der Waals surface area (Å²) in [6.45, 7) is 0. The van der Waals surface area contributed by atoms with Crippen LogP contribution in [-0.4, -0.2) is 10.7 Å². The Morgan fingerprint density at radius 2 is 1.54 bits per heavy atom. The van der Waals surface area contributed by atoms with Gasteiger partial charge >= 0.3 is 0 Å². The molecule has 0 spiro atoms. The molecule has 0 unspecified atom stereocenters. The highest BCUT2D eigenvalue weighted by molar-refractivity contribution is 5.96. The van der Waals surface area contributed by atoms with Crippen molar-refractivity contribution in [3.05, 3.63) is 112 Å². The van der Waals surface area contributed by atoms with E-state index in [1.54, 1.807) is 36.4 Å². The van der Waals surface area contributed by atoms with Crippen LogP contribution in [-0.2, 0) is 0 Å². The van der Waals surface area contributed by atoms with Gasteiger partial charge in [-0.15, -0.1) is 0 Å². The molecule has 28 heavy (non-hydrogen) atoms. The summed E-state index contributed by atoms with van der Waals surface area (Å²) in [6.07, 6.45) is 0.134. The fraction of sp³-hybridized carbons (Fsp3) is 0.130. The minimum absolute atomic E-state index is 0.0693. The second-order valence-electron chi connectivity index (χ2n) is 6.47. The SMILES string of the molecule is N#C[C@@H](c1cccc([N+](=O)[O-])c1)[C@H](CC(=O)c1ccccc1)c1ccccc1. The number of ketones is 1. The zero-order valence-electron chi connectivity index (χ0n) is 15.1. The third kappa shape index (κ3) is 4.30. The van der Waals surface area contributed by atoms with E-state index in [-0.39, 0.29) is 17.9 Å². The van der Waals surface area contributed by atoms with Gasteiger partial charge in [0.15, 0.2) is 5.78 Å². The van der Waals surface area contributed by atoms with Crippen LogP contribution in [0.25, 0.3) is 0 Å². The quantitative estimate of drug-likeness (QED) is 0.323. The number of hydrogen-bond acceptors (Lipinski definition) is 4. The number of nitrogens with zero attached hydrogens (tertiary/aromatic N) is 2. The Bertz CT molecular complexity index is 1010. The molecule has 0 aliphatic carbocycles. The van der Waals surface area contributed by atoms with Crippen molar-refractivity contribution in [3.8, 4) is 6.07 Å². The first-order valence-corrected chi connectivity index (χ1v) is 8.87. The van der Waals surface area contributed by atoms with Crippen LogP contribution in [0.3, 0.4) is 0 Å². The van der Waals surface area contributed by atoms with Crippen LogP contribution >= 0.6 is 0 Å². The molecule has 0 aliphatic heterocycles. The highest BCUT2D eigenvalue weighted by atomic mass is 16.6. The minimum atomic E-state index is -0.685. The topological polar surface area (TPSA) is 84.0 Å². The van der Waals surface area contributed by atoms with Crippen LogP contribution in [0, 0.1) is 21.4 Å². The fourth-order valence-electron chi connectivity index (χ4n) is 3.30. The summed E-state index contributed by atoms with van der Waals surface area (Å²) in [6, 6.07) is 26.6. The standard InChI is InChI=1S/C23H18N2O3/c24-16-22(19-12-7-13-20(14-19)25(27)28)21(17-8-3-1-4-9-17)15-23(26)18-10-5-2-6-11-18/h1-14,21-22H,15H2/t21-,22+/m1/s1. The zero-order valence-corrected chi connectivity index (χ0v) is 15.1. The summed E-state index contributed by atoms with van der Waals surface area (Å²) in [7, 11) is 0. The fourth-order valence-corrected chi connectivity index (χ4v) is 3.30. The number of rotatable bonds is 7. The Hall–Kier alpha value is -3.78. The molecule has 0 aromatic heterocycles. The second kappa shape index (κ2) is 8.74. The Morgan fingerprint density at radius 1 is 0.929 bits per heavy atom. The molecule has 3 aromatic rings. The highest BCUT2D eigenvalue weighted by Crippen LogP contribution is 2.37. The Labute approximate surface area is 163 Å². The van der Waals surface area contributed by atoms with Crippen molar-refractivity contribution in [1.82, 2.24) is 0 Å². The number of benzene rings is 3. The number of nitro benzene ring substituents is 1. The average molecular weight is 370 g/mol. The molecule has 3 rings (SSSR count). The molecule has 0 heterocycles. The lowest BCUT2D eigenvalue weighted by atomic mass is 9.78. The summed E-state index contributed by atoms with van der Waals surface area (Å²) >= 11 is 0. The lowest BCUT2D eigenvalue weighted by molar-refractivity contribution is -0.384. The molecule has 0 fully saturated rings. The lowest BCUT2D eigenvalue weighted by Crippen LogP contribution is -2.15. The number of Topliss-reactive ketones (excluding diaryl/α,β-unsaturated/α-hetero) is 1. The molecule has 2 atom stereocenters. The molecular weight excluding hydrogens is 352 g/mol. The monoisotopic (exact) mass is 370 g/mol. The molecule has 5 nitrogen and oxygen atoms in total. The summed E-state index contributed by atoms with van der Waals surface area (Å²) in [4.78, 5) is 23.5. The summed E-state index contributed by atoms with van der Waals surface area (Å²) in [5.74, 6) is -1.17. The lowest BCUT2D eigenvalue weighted by Gasteiger charge is -2.22. The van der Waals surface area contributed by atoms with Gasteiger partial charge in [-0.2, -0.15) is 5.26 Å². The van der Waals surface area contributed by atoms with Crippen LogP contribution in [0.4, 0.5) is 5.69 Å². The predicted molar refractivity (Wildman–Crippen MR) is 106 cm³/mol. The van der Waals surface area contributed by atoms with Gasteiger partial charge in [-0.05, 0) is 11.1 Å². The van der Waals surface area contributed by atoms with Crippen molar-refractivity contribution in [2.75, 3.05) is 0 Å². The van der Waals surface area contributed by atoms with E-state index in [1.807, 2.05) is 36.4 Å². The van der Waals surface area contributed by atoms with E-state index in [0.717, 1.165) is 5.56 Å². The van der Waals surface area contributed by atoms with Crippen LogP contribution in [0.5, 0.6) is 0 Å². The number of nitro groups is 1. The first kappa shape index (κ1) is 19.0. The van der Waals surface area contributed by atoms with E-state index in [4.69, 9.17) is 0 Å². The smallest absolute Gasteiger partial charge is 0.269 e. The van der Waals surface area contributed by atoms with Crippen molar-refractivity contribution in [2.24, 2.45) is 0 Å². The van der Waals surface area contributed by atoms with E-state index in [2.05, 4.69) is 6.07 Å². The Morgan fingerprint density at radius 3 is 2.14 bits per heavy atom. The van der Waals surface area contributed by atoms with E-state index < -0.39 is 16.8 Å². The molecule has 138 valence electrons. The van der Waals surface area contributed by atoms with Gasteiger partial charge in [0.05, 0.1) is 16.9 Å². The predicted octanol–water partition coefficient (Wildman–Crippen LogP) is 5.26. The van der Waals surface area contributed by atoms with Crippen LogP contribution in [0.1, 0.15) is 39.7 Å². The number of carbonyl (C=O) groups excluding carboxylic acids is 1. The molecule has 3 aromatic carbocycles. The van der Waals surface area contributed by atoms with Gasteiger partial charge in [-0.1, -0.05) is 72.8 Å². The molecular formula is C23H18N2O3. The summed E-state index contributed by atoms with van der Waals surface area (Å²) in [5, 5.41) is 21.0. The van der Waals surface area contributed by atoms with E-state index in [0.29, 0.717) is 11.1 Å². The van der Waals surface area contributed by atoms with Gasteiger partial charge in [-0.3, -0.25) is 14.9 Å². The number of nitriles is 1. The molecule has 0 saturated heterocycles. The Balaban J connectivity index is 2.00. The molecule has 5 heteroatoms. The van der Waals surface area contributed by atoms with Gasteiger partial charge in [0.25, 0.3) is 5.69 Å². The van der Waals surface area contributed by atoms with Gasteiger partial charge in [0.2, 0.25) is 0 Å². The van der Waals surface area contributed by atoms with Crippen LogP contribution in [0.15, 0.2) is 84.9 Å². The third-order valence-corrected chi connectivity index (χ3v) is 4.71. The van der Waals surface area contributed by atoms with Gasteiger partial charge in [-0.25, -0.2) is 0 Å². The van der Waals surface area contributed by atoms with Crippen molar-refractivity contribution < 1.29 is 9.72 Å². The maximum atomic E-state index is 12.8. The minimum Gasteiger partial charge on any atom is -0.294 e. The normalized spacial score (nSPS) is 12.5. The van der Waals surface area contributed by atoms with Gasteiger partial charge in [0.1, 0.15) is 0 Å². The Kier molecular flexibility index (Phi) is 5.93. The number of carbonyl (C=O) groups is 1. The molecule has 0 bridgehead atoms. The first-order chi connectivity index (χ1) is 13.6. The first-order valence-electron chi connectivity index (χ1n) is 8.87. The van der Waals surface area contributed by atoms with E-state index in [9.17, 15) is 20.2 Å². The zero-order chi connectivity index (χ0) is 19.9.